The molecule has 7 nitrogen and oxygen atoms in total. The molecular formula is C24H28FN3O4S2. The highest BCUT2D eigenvalue weighted by atomic mass is 32.2. The number of aromatic nitrogens is 1. The molecule has 0 unspecified atom stereocenters. The Morgan fingerprint density at radius 3 is 2.62 bits per heavy atom. The lowest BCUT2D eigenvalue weighted by Crippen LogP contribution is -2.39. The molecule has 1 aliphatic heterocycles. The third-order valence-electron chi connectivity index (χ3n) is 5.81. The van der Waals surface area contributed by atoms with Gasteiger partial charge in [0, 0.05) is 32.6 Å². The van der Waals surface area contributed by atoms with Crippen LogP contribution in [0.25, 0.3) is 10.2 Å². The van der Waals surface area contributed by atoms with Gasteiger partial charge in [0.2, 0.25) is 5.91 Å². The van der Waals surface area contributed by atoms with E-state index in [0.29, 0.717) is 36.0 Å². The van der Waals surface area contributed by atoms with E-state index in [1.165, 1.54) is 22.3 Å². The number of hydrogen-bond donors (Lipinski definition) is 0. The van der Waals surface area contributed by atoms with E-state index >= 15 is 0 Å². The Labute approximate surface area is 203 Å². The molecule has 3 aromatic rings. The van der Waals surface area contributed by atoms with E-state index in [2.05, 4.69) is 9.88 Å². The van der Waals surface area contributed by atoms with Gasteiger partial charge in [-0.2, -0.15) is 0 Å². The SMILES string of the molecule is Cc1ccc(S(=O)(=O)CCC(=O)N(CCCN2CCOCC2)c2nc3c(F)cccc3s2)cc1. The van der Waals surface area contributed by atoms with Crippen molar-refractivity contribution in [2.75, 3.05) is 50.0 Å². The zero-order valence-corrected chi connectivity index (χ0v) is 20.7. The average Bonchev–Trinajstić information content (AvgIpc) is 3.27. The third kappa shape index (κ3) is 5.99. The summed E-state index contributed by atoms with van der Waals surface area (Å²) in [5.41, 5.74) is 1.19. The van der Waals surface area contributed by atoms with E-state index in [1.807, 2.05) is 6.92 Å². The standard InChI is InChI=1S/C24H28FN3O4S2/c1-18-6-8-19(9-7-18)34(30,31)17-10-22(29)28(12-3-11-27-13-15-32-16-14-27)24-26-23-20(25)4-2-5-21(23)33-24/h2,4-9H,3,10-17H2,1H3. The number of hydrogen-bond acceptors (Lipinski definition) is 7. The molecule has 2 heterocycles. The number of sulfone groups is 1. The molecular weight excluding hydrogens is 477 g/mol. The van der Waals surface area contributed by atoms with Gasteiger partial charge in [-0.25, -0.2) is 17.8 Å². The minimum Gasteiger partial charge on any atom is -0.379 e. The number of aryl methyl sites for hydroxylation is 1. The van der Waals surface area contributed by atoms with Crippen molar-refractivity contribution in [2.45, 2.75) is 24.7 Å². The first-order chi connectivity index (χ1) is 16.3. The predicted octanol–water partition coefficient (Wildman–Crippen LogP) is 3.66. The fraction of sp³-hybridized carbons (Fsp3) is 0.417. The minimum atomic E-state index is -3.60. The second-order valence-corrected chi connectivity index (χ2v) is 11.4. The van der Waals surface area contributed by atoms with Crippen LogP contribution in [-0.4, -0.2) is 69.4 Å². The van der Waals surface area contributed by atoms with Crippen molar-refractivity contribution < 1.29 is 22.3 Å². The second-order valence-electron chi connectivity index (χ2n) is 8.32. The highest BCUT2D eigenvalue weighted by Gasteiger charge is 2.24. The molecule has 2 aromatic carbocycles. The summed E-state index contributed by atoms with van der Waals surface area (Å²) in [5, 5.41) is 0.389. The topological polar surface area (TPSA) is 79.8 Å². The number of amides is 1. The van der Waals surface area contributed by atoms with Crippen LogP contribution in [-0.2, 0) is 19.4 Å². The normalized spacial score (nSPS) is 15.0. The van der Waals surface area contributed by atoms with Crippen LogP contribution in [0.15, 0.2) is 47.4 Å². The summed E-state index contributed by atoms with van der Waals surface area (Å²) in [6.45, 7) is 6.11. The lowest BCUT2D eigenvalue weighted by atomic mass is 10.2. The lowest BCUT2D eigenvalue weighted by molar-refractivity contribution is -0.118. The van der Waals surface area contributed by atoms with Crippen LogP contribution in [0.4, 0.5) is 9.52 Å². The molecule has 0 aliphatic carbocycles. The molecule has 0 atom stereocenters. The van der Waals surface area contributed by atoms with Crippen LogP contribution in [0.5, 0.6) is 0 Å². The predicted molar refractivity (Wildman–Crippen MR) is 132 cm³/mol. The first-order valence-corrected chi connectivity index (χ1v) is 13.8. The van der Waals surface area contributed by atoms with Gasteiger partial charge in [-0.1, -0.05) is 35.1 Å². The molecule has 0 radical (unpaired) electrons. The number of carbonyl (C=O) groups is 1. The van der Waals surface area contributed by atoms with Crippen molar-refractivity contribution in [3.05, 3.63) is 53.8 Å². The molecule has 4 rings (SSSR count). The summed E-state index contributed by atoms with van der Waals surface area (Å²) >= 11 is 1.24. The molecule has 1 saturated heterocycles. The molecule has 182 valence electrons. The molecule has 10 heteroatoms. The van der Waals surface area contributed by atoms with Crippen molar-refractivity contribution in [1.82, 2.24) is 9.88 Å². The number of rotatable bonds is 9. The smallest absolute Gasteiger partial charge is 0.229 e. The Morgan fingerprint density at radius 1 is 1.18 bits per heavy atom. The molecule has 0 bridgehead atoms. The van der Waals surface area contributed by atoms with E-state index in [4.69, 9.17) is 4.74 Å². The number of carbonyl (C=O) groups excluding carboxylic acids is 1. The van der Waals surface area contributed by atoms with E-state index < -0.39 is 15.7 Å². The lowest BCUT2D eigenvalue weighted by Gasteiger charge is -2.27. The zero-order chi connectivity index (χ0) is 24.1. The summed E-state index contributed by atoms with van der Waals surface area (Å²) in [5.74, 6) is -1.08. The Hall–Kier alpha value is -2.40. The number of nitrogens with zero attached hydrogens (tertiary/aromatic N) is 3. The summed E-state index contributed by atoms with van der Waals surface area (Å²) < 4.78 is 45.8. The van der Waals surface area contributed by atoms with Crippen molar-refractivity contribution in [3.8, 4) is 0 Å². The van der Waals surface area contributed by atoms with Crippen molar-refractivity contribution >= 4 is 42.4 Å². The largest absolute Gasteiger partial charge is 0.379 e. The highest BCUT2D eigenvalue weighted by molar-refractivity contribution is 7.91. The summed E-state index contributed by atoms with van der Waals surface area (Å²) in [4.78, 5) is 21.6. The van der Waals surface area contributed by atoms with Crippen LogP contribution >= 0.6 is 11.3 Å². The first kappa shape index (κ1) is 24.7. The van der Waals surface area contributed by atoms with Gasteiger partial charge in [-0.05, 0) is 37.6 Å². The average molecular weight is 506 g/mol. The van der Waals surface area contributed by atoms with Gasteiger partial charge in [-0.3, -0.25) is 14.6 Å². The van der Waals surface area contributed by atoms with E-state index in [0.717, 1.165) is 25.2 Å². The minimum absolute atomic E-state index is 0.174. The van der Waals surface area contributed by atoms with Gasteiger partial charge in [0.05, 0.1) is 28.6 Å². The van der Waals surface area contributed by atoms with Crippen molar-refractivity contribution in [1.29, 1.82) is 0 Å². The fourth-order valence-corrected chi connectivity index (χ4v) is 6.10. The number of morpholine rings is 1. The van der Waals surface area contributed by atoms with Crippen LogP contribution in [0.2, 0.25) is 0 Å². The number of halogens is 1. The molecule has 0 spiro atoms. The molecule has 0 N–H and O–H groups in total. The number of thiazole rings is 1. The molecule has 0 saturated carbocycles. The number of para-hydroxylation sites is 1. The quantitative estimate of drug-likeness (QED) is 0.442. The highest BCUT2D eigenvalue weighted by Crippen LogP contribution is 2.31. The van der Waals surface area contributed by atoms with Gasteiger partial charge in [0.1, 0.15) is 11.3 Å². The van der Waals surface area contributed by atoms with Crippen LogP contribution in [0, 0.1) is 12.7 Å². The monoisotopic (exact) mass is 505 g/mol. The molecule has 34 heavy (non-hydrogen) atoms. The Balaban J connectivity index is 1.49. The van der Waals surface area contributed by atoms with E-state index in [1.54, 1.807) is 36.4 Å². The van der Waals surface area contributed by atoms with Crippen LogP contribution < -0.4 is 4.90 Å². The number of ether oxygens (including phenoxy) is 1. The van der Waals surface area contributed by atoms with E-state index in [9.17, 15) is 17.6 Å². The van der Waals surface area contributed by atoms with Crippen LogP contribution in [0.3, 0.4) is 0 Å². The number of benzene rings is 2. The molecule has 1 aromatic heterocycles. The maximum atomic E-state index is 14.2. The maximum Gasteiger partial charge on any atom is 0.229 e. The van der Waals surface area contributed by atoms with Gasteiger partial charge in [0.25, 0.3) is 0 Å². The fourth-order valence-electron chi connectivity index (χ4n) is 3.84. The van der Waals surface area contributed by atoms with Gasteiger partial charge in [0.15, 0.2) is 15.0 Å². The second kappa shape index (κ2) is 10.9. The number of fused-ring (bicyclic) bond motifs is 1. The third-order valence-corrected chi connectivity index (χ3v) is 8.59. The Bertz CT molecular complexity index is 1240. The Morgan fingerprint density at radius 2 is 1.91 bits per heavy atom. The first-order valence-electron chi connectivity index (χ1n) is 11.3. The van der Waals surface area contributed by atoms with Gasteiger partial charge >= 0.3 is 0 Å². The summed E-state index contributed by atoms with van der Waals surface area (Å²) in [7, 11) is -3.60. The Kier molecular flexibility index (Phi) is 7.92. The van der Waals surface area contributed by atoms with Gasteiger partial charge < -0.3 is 4.74 Å². The van der Waals surface area contributed by atoms with Gasteiger partial charge in [-0.15, -0.1) is 0 Å². The van der Waals surface area contributed by atoms with Crippen molar-refractivity contribution in [3.63, 3.8) is 0 Å². The van der Waals surface area contributed by atoms with Crippen LogP contribution in [0.1, 0.15) is 18.4 Å². The molecule has 1 aliphatic rings. The molecule has 1 amide bonds. The summed E-state index contributed by atoms with van der Waals surface area (Å²) in [6.07, 6.45) is 0.515. The molecule has 1 fully saturated rings. The van der Waals surface area contributed by atoms with E-state index in [-0.39, 0.29) is 28.5 Å². The number of anilines is 1. The zero-order valence-electron chi connectivity index (χ0n) is 19.1. The maximum absolute atomic E-state index is 14.2. The summed E-state index contributed by atoms with van der Waals surface area (Å²) in [6, 6.07) is 11.3. The van der Waals surface area contributed by atoms with Crippen molar-refractivity contribution in [2.24, 2.45) is 0 Å².